The second kappa shape index (κ2) is 42.5. The lowest BCUT2D eigenvalue weighted by Crippen LogP contribution is -2.30. The van der Waals surface area contributed by atoms with Gasteiger partial charge in [-0.1, -0.05) is 234 Å². The fourth-order valence-electron chi connectivity index (χ4n) is 7.55. The van der Waals surface area contributed by atoms with Crippen molar-refractivity contribution in [3.63, 3.8) is 0 Å². The summed E-state index contributed by atoms with van der Waals surface area (Å²) in [5.41, 5.74) is 0. The highest BCUT2D eigenvalue weighted by molar-refractivity contribution is 5.71. The van der Waals surface area contributed by atoms with E-state index in [-0.39, 0.29) is 31.1 Å². The molecule has 0 spiro atoms. The van der Waals surface area contributed by atoms with Crippen molar-refractivity contribution < 1.29 is 28.6 Å². The van der Waals surface area contributed by atoms with Crippen molar-refractivity contribution in [2.45, 2.75) is 279 Å². The molecule has 6 nitrogen and oxygen atoms in total. The van der Waals surface area contributed by atoms with Gasteiger partial charge in [0.25, 0.3) is 0 Å². The molecule has 6 heteroatoms. The lowest BCUT2D eigenvalue weighted by atomic mass is 9.99. The molecule has 0 aliphatic heterocycles. The third-order valence-electron chi connectivity index (χ3n) is 11.8. The van der Waals surface area contributed by atoms with Crippen molar-refractivity contribution in [3.05, 3.63) is 0 Å². The maximum absolute atomic E-state index is 12.7. The Balaban J connectivity index is 4.30. The highest BCUT2D eigenvalue weighted by Crippen LogP contribution is 2.18. The highest BCUT2D eigenvalue weighted by atomic mass is 16.6. The summed E-state index contributed by atoms with van der Waals surface area (Å²) in [5, 5.41) is 0. The van der Waals surface area contributed by atoms with Gasteiger partial charge in [-0.2, -0.15) is 0 Å². The van der Waals surface area contributed by atoms with Gasteiger partial charge in [0.2, 0.25) is 0 Å². The summed E-state index contributed by atoms with van der Waals surface area (Å²) in [5.74, 6) is 1.62. The second-order valence-electron chi connectivity index (χ2n) is 18.6. The normalized spacial score (nSPS) is 12.6. The van der Waals surface area contributed by atoms with E-state index in [1.807, 2.05) is 0 Å². The van der Waals surface area contributed by atoms with Gasteiger partial charge >= 0.3 is 17.9 Å². The third-order valence-corrected chi connectivity index (χ3v) is 11.8. The number of carbonyl (C=O) groups is 3. The van der Waals surface area contributed by atoms with Crippen LogP contribution in [0, 0.1) is 17.8 Å². The average Bonchev–Trinajstić information content (AvgIpc) is 3.18. The zero-order valence-corrected chi connectivity index (χ0v) is 39.1. The maximum Gasteiger partial charge on any atom is 0.306 e. The zero-order chi connectivity index (χ0) is 42.0. The molecule has 0 bridgehead atoms. The Morgan fingerprint density at radius 2 is 0.614 bits per heavy atom. The highest BCUT2D eigenvalue weighted by Gasteiger charge is 2.19. The smallest absolute Gasteiger partial charge is 0.306 e. The number of unbranched alkanes of at least 4 members (excludes halogenated alkanes) is 26. The minimum atomic E-state index is -0.763. The molecule has 1 unspecified atom stereocenters. The van der Waals surface area contributed by atoms with Gasteiger partial charge in [0, 0.05) is 19.3 Å². The Hall–Kier alpha value is -1.59. The predicted molar refractivity (Wildman–Crippen MR) is 243 cm³/mol. The van der Waals surface area contributed by atoms with Crippen LogP contribution in [0.15, 0.2) is 0 Å². The van der Waals surface area contributed by atoms with Gasteiger partial charge in [0.05, 0.1) is 0 Å². The van der Waals surface area contributed by atoms with E-state index in [4.69, 9.17) is 14.2 Å². The molecule has 0 aromatic carbocycles. The molecule has 0 saturated carbocycles. The fraction of sp³-hybridized carbons (Fsp3) is 0.941. The Morgan fingerprint density at radius 3 is 0.912 bits per heavy atom. The first-order valence-corrected chi connectivity index (χ1v) is 25.1. The molecule has 0 rings (SSSR count). The second-order valence-corrected chi connectivity index (χ2v) is 18.6. The quantitative estimate of drug-likeness (QED) is 0.0347. The minimum Gasteiger partial charge on any atom is -0.462 e. The van der Waals surface area contributed by atoms with E-state index >= 15 is 0 Å². The molecule has 338 valence electrons. The Bertz CT molecular complexity index is 885. The van der Waals surface area contributed by atoms with E-state index < -0.39 is 6.10 Å². The molecule has 0 heterocycles. The predicted octanol–water partition coefficient (Wildman–Crippen LogP) is 16.0. The topological polar surface area (TPSA) is 78.9 Å². The van der Waals surface area contributed by atoms with Gasteiger partial charge in [0.15, 0.2) is 6.10 Å². The van der Waals surface area contributed by atoms with Crippen molar-refractivity contribution in [2.24, 2.45) is 17.8 Å². The number of ether oxygens (including phenoxy) is 3. The molecule has 0 aromatic rings. The summed E-state index contributed by atoms with van der Waals surface area (Å²) in [6, 6.07) is 0. The van der Waals surface area contributed by atoms with Crippen LogP contribution in [0.2, 0.25) is 0 Å². The molecule has 0 aliphatic rings. The molecule has 0 aromatic heterocycles. The van der Waals surface area contributed by atoms with Crippen LogP contribution < -0.4 is 0 Å². The molecule has 0 aliphatic carbocycles. The largest absolute Gasteiger partial charge is 0.462 e. The average molecular weight is 807 g/mol. The first-order valence-electron chi connectivity index (χ1n) is 25.1. The molecule has 0 saturated heterocycles. The van der Waals surface area contributed by atoms with E-state index in [1.165, 1.54) is 154 Å². The molecular formula is C51H98O6. The monoisotopic (exact) mass is 807 g/mol. The molecule has 0 fully saturated rings. The van der Waals surface area contributed by atoms with Gasteiger partial charge in [-0.3, -0.25) is 14.4 Å². The summed E-state index contributed by atoms with van der Waals surface area (Å²) in [6.45, 7) is 13.7. The summed E-state index contributed by atoms with van der Waals surface area (Å²) in [7, 11) is 0. The Kier molecular flexibility index (Phi) is 41.3. The van der Waals surface area contributed by atoms with Crippen LogP contribution in [0.5, 0.6) is 0 Å². The van der Waals surface area contributed by atoms with Crippen molar-refractivity contribution in [2.75, 3.05) is 13.2 Å². The lowest BCUT2D eigenvalue weighted by Gasteiger charge is -2.18. The fourth-order valence-corrected chi connectivity index (χ4v) is 7.55. The SMILES string of the molecule is CCC(C)CCCCCCCCCCCCC(=O)OC[C@H](COC(=O)CCCCCCCCCCCCCCC(C)C)OC(=O)CCCCCCCCCC(C)C. The summed E-state index contributed by atoms with van der Waals surface area (Å²) < 4.78 is 16.8. The molecule has 0 radical (unpaired) electrons. The van der Waals surface area contributed by atoms with Gasteiger partial charge < -0.3 is 14.2 Å². The zero-order valence-electron chi connectivity index (χ0n) is 39.1. The number of hydrogen-bond donors (Lipinski definition) is 0. The van der Waals surface area contributed by atoms with Gasteiger partial charge in [-0.05, 0) is 37.0 Å². The number of carbonyl (C=O) groups excluding carboxylic acids is 3. The standard InChI is InChI=1S/C51H98O6/c1-7-47(6)39-33-27-21-15-12-13-17-23-29-35-41-50(53)56-44-48(57-51(54)42-36-30-24-18-20-26-32-38-46(4)5)43-55-49(52)40-34-28-22-16-11-9-8-10-14-19-25-31-37-45(2)3/h45-48H,7-44H2,1-6H3/t47?,48-/m0/s1. The Morgan fingerprint density at radius 1 is 0.351 bits per heavy atom. The van der Waals surface area contributed by atoms with E-state index in [0.29, 0.717) is 19.3 Å². The van der Waals surface area contributed by atoms with Gasteiger partial charge in [-0.25, -0.2) is 0 Å². The van der Waals surface area contributed by atoms with Crippen LogP contribution in [-0.2, 0) is 28.6 Å². The Labute approximate surface area is 355 Å². The molecule has 0 N–H and O–H groups in total. The van der Waals surface area contributed by atoms with Gasteiger partial charge in [0.1, 0.15) is 13.2 Å². The van der Waals surface area contributed by atoms with Crippen LogP contribution in [-0.4, -0.2) is 37.2 Å². The number of rotatable bonds is 44. The van der Waals surface area contributed by atoms with E-state index in [0.717, 1.165) is 75.5 Å². The first kappa shape index (κ1) is 55.4. The van der Waals surface area contributed by atoms with Crippen molar-refractivity contribution in [3.8, 4) is 0 Å². The van der Waals surface area contributed by atoms with Crippen molar-refractivity contribution >= 4 is 17.9 Å². The van der Waals surface area contributed by atoms with Crippen LogP contribution >= 0.6 is 0 Å². The third kappa shape index (κ3) is 43.8. The van der Waals surface area contributed by atoms with Crippen LogP contribution in [0.3, 0.4) is 0 Å². The van der Waals surface area contributed by atoms with Crippen molar-refractivity contribution in [1.29, 1.82) is 0 Å². The lowest BCUT2D eigenvalue weighted by molar-refractivity contribution is -0.167. The summed E-state index contributed by atoms with van der Waals surface area (Å²) in [4.78, 5) is 37.9. The van der Waals surface area contributed by atoms with Crippen LogP contribution in [0.4, 0.5) is 0 Å². The van der Waals surface area contributed by atoms with E-state index in [9.17, 15) is 14.4 Å². The maximum atomic E-state index is 12.7. The first-order chi connectivity index (χ1) is 27.6. The van der Waals surface area contributed by atoms with Crippen LogP contribution in [0.25, 0.3) is 0 Å². The van der Waals surface area contributed by atoms with Crippen molar-refractivity contribution in [1.82, 2.24) is 0 Å². The molecule has 57 heavy (non-hydrogen) atoms. The van der Waals surface area contributed by atoms with E-state index in [2.05, 4.69) is 41.5 Å². The van der Waals surface area contributed by atoms with E-state index in [1.54, 1.807) is 0 Å². The minimum absolute atomic E-state index is 0.0657. The van der Waals surface area contributed by atoms with Crippen LogP contribution in [0.1, 0.15) is 273 Å². The van der Waals surface area contributed by atoms with Gasteiger partial charge in [-0.15, -0.1) is 0 Å². The summed E-state index contributed by atoms with van der Waals surface area (Å²) in [6.07, 6.45) is 40.9. The summed E-state index contributed by atoms with van der Waals surface area (Å²) >= 11 is 0. The molecule has 0 amide bonds. The molecule has 2 atom stereocenters. The molecular weight excluding hydrogens is 709 g/mol. The number of esters is 3. The number of hydrogen-bond acceptors (Lipinski definition) is 6.